The molecule has 0 spiro atoms. The predicted molar refractivity (Wildman–Crippen MR) is 120 cm³/mol. The first-order valence-electron chi connectivity index (χ1n) is 9.19. The van der Waals surface area contributed by atoms with E-state index in [1.807, 2.05) is 31.2 Å². The normalized spacial score (nSPS) is 12.1. The van der Waals surface area contributed by atoms with E-state index in [1.54, 1.807) is 30.3 Å². The number of para-hydroxylation sites is 1. The summed E-state index contributed by atoms with van der Waals surface area (Å²) < 4.78 is 33.8. The number of nitrogens with one attached hydrogen (secondary N) is 2. The number of hydrogen-bond acceptors (Lipinski definition) is 4. The molecule has 1 unspecified atom stereocenters. The lowest BCUT2D eigenvalue weighted by Gasteiger charge is -2.15. The maximum atomic E-state index is 12.4. The van der Waals surface area contributed by atoms with Gasteiger partial charge in [0.15, 0.2) is 6.61 Å². The molecule has 30 heavy (non-hydrogen) atoms. The smallest absolute Gasteiger partial charge is 0.261 e. The van der Waals surface area contributed by atoms with E-state index >= 15 is 0 Å². The third kappa shape index (κ3) is 6.08. The predicted octanol–water partition coefficient (Wildman–Crippen LogP) is 4.51. The van der Waals surface area contributed by atoms with Crippen molar-refractivity contribution in [2.24, 2.45) is 0 Å². The van der Waals surface area contributed by atoms with Crippen LogP contribution in [-0.4, -0.2) is 20.9 Å². The van der Waals surface area contributed by atoms with Crippen LogP contribution in [0.5, 0.6) is 5.75 Å². The Morgan fingerprint density at radius 3 is 2.37 bits per heavy atom. The summed E-state index contributed by atoms with van der Waals surface area (Å²) in [5.41, 5.74) is 1.45. The Hall–Kier alpha value is -2.84. The summed E-state index contributed by atoms with van der Waals surface area (Å²) in [4.78, 5) is 12.3. The van der Waals surface area contributed by atoms with Crippen LogP contribution in [0.3, 0.4) is 0 Å². The van der Waals surface area contributed by atoms with Crippen LogP contribution in [0, 0.1) is 0 Å². The van der Waals surface area contributed by atoms with E-state index in [9.17, 15) is 13.2 Å². The molecule has 0 aliphatic rings. The van der Waals surface area contributed by atoms with Gasteiger partial charge < -0.3 is 10.1 Å². The van der Waals surface area contributed by atoms with Crippen molar-refractivity contribution in [3.8, 4) is 5.75 Å². The Balaban J connectivity index is 1.54. The number of amides is 1. The number of benzene rings is 3. The fourth-order valence-electron chi connectivity index (χ4n) is 2.73. The molecule has 8 heteroatoms. The molecule has 0 fully saturated rings. The SMILES string of the molecule is CC(NC(=O)COc1ccc(S(=O)(=O)Nc2ccccc2)cc1)c1cccc(Br)c1. The van der Waals surface area contributed by atoms with Crippen LogP contribution in [-0.2, 0) is 14.8 Å². The zero-order valence-electron chi connectivity index (χ0n) is 16.2. The molecule has 156 valence electrons. The summed E-state index contributed by atoms with van der Waals surface area (Å²) in [5, 5.41) is 2.87. The minimum Gasteiger partial charge on any atom is -0.484 e. The Morgan fingerprint density at radius 1 is 1.00 bits per heavy atom. The monoisotopic (exact) mass is 488 g/mol. The first-order valence-corrected chi connectivity index (χ1v) is 11.5. The van der Waals surface area contributed by atoms with E-state index in [-0.39, 0.29) is 23.5 Å². The third-order valence-electron chi connectivity index (χ3n) is 4.26. The van der Waals surface area contributed by atoms with Crippen LogP contribution >= 0.6 is 15.9 Å². The summed E-state index contributed by atoms with van der Waals surface area (Å²) in [5.74, 6) is 0.129. The summed E-state index contributed by atoms with van der Waals surface area (Å²) in [6.45, 7) is 1.71. The fraction of sp³-hybridized carbons (Fsp3) is 0.136. The quantitative estimate of drug-likeness (QED) is 0.488. The first-order chi connectivity index (χ1) is 14.3. The number of anilines is 1. The van der Waals surface area contributed by atoms with Gasteiger partial charge in [0.25, 0.3) is 15.9 Å². The first kappa shape index (κ1) is 21.9. The topological polar surface area (TPSA) is 84.5 Å². The van der Waals surface area contributed by atoms with Crippen LogP contribution in [0.4, 0.5) is 5.69 Å². The van der Waals surface area contributed by atoms with E-state index in [4.69, 9.17) is 4.74 Å². The number of carbonyl (C=O) groups is 1. The molecule has 1 amide bonds. The maximum Gasteiger partial charge on any atom is 0.261 e. The van der Waals surface area contributed by atoms with Crippen molar-refractivity contribution >= 4 is 37.5 Å². The molecule has 2 N–H and O–H groups in total. The second-order valence-corrected chi connectivity index (χ2v) is 9.17. The van der Waals surface area contributed by atoms with Gasteiger partial charge in [-0.05, 0) is 61.0 Å². The molecule has 3 aromatic rings. The average molecular weight is 489 g/mol. The maximum absolute atomic E-state index is 12.4. The van der Waals surface area contributed by atoms with Crippen LogP contribution in [0.1, 0.15) is 18.5 Å². The lowest BCUT2D eigenvalue weighted by atomic mass is 10.1. The van der Waals surface area contributed by atoms with E-state index < -0.39 is 10.0 Å². The number of hydrogen-bond donors (Lipinski definition) is 2. The minimum absolute atomic E-state index is 0.103. The zero-order chi connectivity index (χ0) is 21.6. The Kier molecular flexibility index (Phi) is 7.12. The highest BCUT2D eigenvalue weighted by Crippen LogP contribution is 2.20. The van der Waals surface area contributed by atoms with Crippen molar-refractivity contribution in [3.05, 3.63) is 88.9 Å². The lowest BCUT2D eigenvalue weighted by Crippen LogP contribution is -2.31. The van der Waals surface area contributed by atoms with Gasteiger partial charge in [0.1, 0.15) is 5.75 Å². The molecule has 3 rings (SSSR count). The molecule has 0 bridgehead atoms. The van der Waals surface area contributed by atoms with Crippen LogP contribution in [0.15, 0.2) is 88.2 Å². The van der Waals surface area contributed by atoms with Crippen molar-refractivity contribution in [1.82, 2.24) is 5.32 Å². The summed E-state index contributed by atoms with van der Waals surface area (Å²) in [6.07, 6.45) is 0. The highest BCUT2D eigenvalue weighted by atomic mass is 79.9. The molecular formula is C22H21BrN2O4S. The summed E-state index contributed by atoms with van der Waals surface area (Å²) in [6, 6.07) is 22.1. The average Bonchev–Trinajstić information content (AvgIpc) is 2.73. The molecule has 0 heterocycles. The van der Waals surface area contributed by atoms with E-state index in [0.29, 0.717) is 11.4 Å². The molecule has 0 aromatic heterocycles. The zero-order valence-corrected chi connectivity index (χ0v) is 18.6. The van der Waals surface area contributed by atoms with Gasteiger partial charge in [-0.1, -0.05) is 46.3 Å². The van der Waals surface area contributed by atoms with Gasteiger partial charge >= 0.3 is 0 Å². The molecule has 1 atom stereocenters. The molecule has 0 aliphatic heterocycles. The molecule has 0 saturated carbocycles. The van der Waals surface area contributed by atoms with Gasteiger partial charge in [-0.3, -0.25) is 9.52 Å². The van der Waals surface area contributed by atoms with Gasteiger partial charge in [-0.15, -0.1) is 0 Å². The number of rotatable bonds is 8. The highest BCUT2D eigenvalue weighted by molar-refractivity contribution is 9.10. The second kappa shape index (κ2) is 9.77. The van der Waals surface area contributed by atoms with Crippen LogP contribution in [0.25, 0.3) is 0 Å². The van der Waals surface area contributed by atoms with E-state index in [0.717, 1.165) is 10.0 Å². The van der Waals surface area contributed by atoms with Gasteiger partial charge in [0, 0.05) is 10.2 Å². The summed E-state index contributed by atoms with van der Waals surface area (Å²) >= 11 is 3.41. The Bertz CT molecular complexity index is 1100. The van der Waals surface area contributed by atoms with Gasteiger partial charge in [-0.2, -0.15) is 0 Å². The van der Waals surface area contributed by atoms with Gasteiger partial charge in [-0.25, -0.2) is 8.42 Å². The second-order valence-electron chi connectivity index (χ2n) is 6.58. The van der Waals surface area contributed by atoms with Crippen molar-refractivity contribution in [3.63, 3.8) is 0 Å². The van der Waals surface area contributed by atoms with Crippen molar-refractivity contribution < 1.29 is 17.9 Å². The van der Waals surface area contributed by atoms with Gasteiger partial charge in [0.05, 0.1) is 10.9 Å². The fourth-order valence-corrected chi connectivity index (χ4v) is 4.20. The minimum atomic E-state index is -3.70. The number of halogens is 1. The summed E-state index contributed by atoms with van der Waals surface area (Å²) in [7, 11) is -3.70. The molecular weight excluding hydrogens is 468 g/mol. The molecule has 6 nitrogen and oxygen atoms in total. The molecule has 0 saturated heterocycles. The van der Waals surface area contributed by atoms with E-state index in [1.165, 1.54) is 24.3 Å². The van der Waals surface area contributed by atoms with Crippen LogP contribution < -0.4 is 14.8 Å². The highest BCUT2D eigenvalue weighted by Gasteiger charge is 2.15. The van der Waals surface area contributed by atoms with E-state index in [2.05, 4.69) is 26.0 Å². The Labute approximate surface area is 184 Å². The molecule has 0 aliphatic carbocycles. The van der Waals surface area contributed by atoms with Crippen molar-refractivity contribution in [2.75, 3.05) is 11.3 Å². The van der Waals surface area contributed by atoms with Crippen molar-refractivity contribution in [2.45, 2.75) is 17.9 Å². The standard InChI is InChI=1S/C22H21BrN2O4S/c1-16(17-6-5-7-18(23)14-17)24-22(26)15-29-20-10-12-21(13-11-20)30(27,28)25-19-8-3-2-4-9-19/h2-14,16,25H,15H2,1H3,(H,24,26). The lowest BCUT2D eigenvalue weighted by molar-refractivity contribution is -0.123. The number of carbonyl (C=O) groups excluding carboxylic acids is 1. The number of ether oxygens (including phenoxy) is 1. The van der Waals surface area contributed by atoms with Crippen molar-refractivity contribution in [1.29, 1.82) is 0 Å². The van der Waals surface area contributed by atoms with Gasteiger partial charge in [0.2, 0.25) is 0 Å². The molecule has 0 radical (unpaired) electrons. The Morgan fingerprint density at radius 2 is 1.70 bits per heavy atom. The molecule has 3 aromatic carbocycles. The number of sulfonamides is 1. The largest absolute Gasteiger partial charge is 0.484 e. The van der Waals surface area contributed by atoms with Crippen LogP contribution in [0.2, 0.25) is 0 Å². The third-order valence-corrected chi connectivity index (χ3v) is 6.15.